The molecule has 0 amide bonds. The molecule has 0 aliphatic carbocycles. The van der Waals surface area contributed by atoms with E-state index in [1.165, 1.54) is 22.8 Å². The zero-order valence-corrected chi connectivity index (χ0v) is 19.2. The fourth-order valence-electron chi connectivity index (χ4n) is 4.43. The van der Waals surface area contributed by atoms with Crippen LogP contribution in [-0.2, 0) is 16.1 Å². The first kappa shape index (κ1) is 22.5. The maximum Gasteiger partial charge on any atom is 0.340 e. The van der Waals surface area contributed by atoms with Crippen molar-refractivity contribution < 1.29 is 28.1 Å². The number of ether oxygens (including phenoxy) is 4. The Balaban J connectivity index is 1.67. The Morgan fingerprint density at radius 1 is 1.14 bits per heavy atom. The van der Waals surface area contributed by atoms with E-state index in [-0.39, 0.29) is 48.3 Å². The van der Waals surface area contributed by atoms with Gasteiger partial charge in [-0.25, -0.2) is 9.18 Å². The molecule has 2 aliphatic heterocycles. The Morgan fingerprint density at radius 2 is 1.91 bits per heavy atom. The van der Waals surface area contributed by atoms with Gasteiger partial charge < -0.3 is 29.2 Å². The monoisotopic (exact) mass is 478 g/mol. The highest BCUT2D eigenvalue weighted by Crippen LogP contribution is 2.42. The summed E-state index contributed by atoms with van der Waals surface area (Å²) in [6, 6.07) is 13.0. The van der Waals surface area contributed by atoms with E-state index in [1.807, 2.05) is 6.07 Å². The first-order chi connectivity index (χ1) is 16.9. The normalized spacial score (nSPS) is 16.0. The molecule has 0 saturated heterocycles. The number of esters is 1. The lowest BCUT2D eigenvalue weighted by Crippen LogP contribution is -2.35. The second-order valence-electron chi connectivity index (χ2n) is 8.20. The summed E-state index contributed by atoms with van der Waals surface area (Å²) in [6.45, 7) is 3.84. The average Bonchev–Trinajstić information content (AvgIpc) is 3.29. The molecular weight excluding hydrogens is 455 g/mol. The van der Waals surface area contributed by atoms with E-state index >= 15 is 4.39 Å². The van der Waals surface area contributed by atoms with E-state index in [1.54, 1.807) is 38.1 Å². The van der Waals surface area contributed by atoms with Crippen LogP contribution in [0.25, 0.3) is 0 Å². The molecule has 35 heavy (non-hydrogen) atoms. The highest BCUT2D eigenvalue weighted by atomic mass is 19.1. The summed E-state index contributed by atoms with van der Waals surface area (Å²) in [7, 11) is 0. The standard InChI is InChI=1S/C26H23FN2O6/c1-3-32-26(31)23-21(16-6-4-5-7-17(16)27)22-20(35-24(23)28)10-14(2)29(25(22)30)12-15-8-9-18-19(11-15)34-13-33-18/h4-11,21H,3,12-13,28H2,1-2H3. The molecule has 0 fully saturated rings. The zero-order chi connectivity index (χ0) is 24.7. The first-order valence-electron chi connectivity index (χ1n) is 11.1. The van der Waals surface area contributed by atoms with Gasteiger partial charge in [0.1, 0.15) is 17.1 Å². The summed E-state index contributed by atoms with van der Waals surface area (Å²) in [5.41, 5.74) is 7.22. The molecule has 2 N–H and O–H groups in total. The van der Waals surface area contributed by atoms with Crippen LogP contribution in [0.4, 0.5) is 4.39 Å². The van der Waals surface area contributed by atoms with Gasteiger partial charge >= 0.3 is 5.97 Å². The van der Waals surface area contributed by atoms with E-state index in [2.05, 4.69) is 0 Å². The number of hydrogen-bond acceptors (Lipinski definition) is 7. The van der Waals surface area contributed by atoms with Gasteiger partial charge in [0, 0.05) is 17.3 Å². The molecule has 9 heteroatoms. The van der Waals surface area contributed by atoms with Gasteiger partial charge in [-0.3, -0.25) is 4.79 Å². The van der Waals surface area contributed by atoms with Gasteiger partial charge in [-0.05, 0) is 37.6 Å². The highest BCUT2D eigenvalue weighted by Gasteiger charge is 2.39. The van der Waals surface area contributed by atoms with Crippen molar-refractivity contribution in [2.45, 2.75) is 26.3 Å². The van der Waals surface area contributed by atoms with Gasteiger partial charge in [0.05, 0.1) is 24.6 Å². The second kappa shape index (κ2) is 8.83. The zero-order valence-electron chi connectivity index (χ0n) is 19.2. The fraction of sp³-hybridized carbons (Fsp3) is 0.231. The molecule has 5 rings (SSSR count). The Bertz CT molecular complexity index is 1430. The third-order valence-electron chi connectivity index (χ3n) is 6.06. The van der Waals surface area contributed by atoms with Gasteiger partial charge in [0.15, 0.2) is 11.5 Å². The summed E-state index contributed by atoms with van der Waals surface area (Å²) in [6.07, 6.45) is 0. The number of halogens is 1. The van der Waals surface area contributed by atoms with Crippen LogP contribution in [-0.4, -0.2) is 23.9 Å². The molecule has 3 aromatic rings. The summed E-state index contributed by atoms with van der Waals surface area (Å²) >= 11 is 0. The largest absolute Gasteiger partial charge is 0.462 e. The number of carbonyl (C=O) groups is 1. The maximum atomic E-state index is 15.0. The van der Waals surface area contributed by atoms with Crippen molar-refractivity contribution in [3.63, 3.8) is 0 Å². The highest BCUT2D eigenvalue weighted by molar-refractivity contribution is 5.92. The number of benzene rings is 2. The van der Waals surface area contributed by atoms with Gasteiger partial charge in [-0.15, -0.1) is 0 Å². The fourth-order valence-corrected chi connectivity index (χ4v) is 4.43. The Hall–Kier alpha value is -4.27. The maximum absolute atomic E-state index is 15.0. The predicted molar refractivity (Wildman–Crippen MR) is 124 cm³/mol. The third-order valence-corrected chi connectivity index (χ3v) is 6.06. The van der Waals surface area contributed by atoms with Crippen molar-refractivity contribution in [2.24, 2.45) is 5.73 Å². The number of nitrogens with zero attached hydrogens (tertiary/aromatic N) is 1. The Morgan fingerprint density at radius 3 is 2.69 bits per heavy atom. The minimum atomic E-state index is -1.10. The molecule has 1 unspecified atom stereocenters. The molecule has 8 nitrogen and oxygen atoms in total. The molecule has 3 heterocycles. The lowest BCUT2D eigenvalue weighted by atomic mass is 9.83. The molecular formula is C26H23FN2O6. The first-order valence-corrected chi connectivity index (χ1v) is 11.1. The van der Waals surface area contributed by atoms with Gasteiger partial charge in [-0.2, -0.15) is 0 Å². The summed E-state index contributed by atoms with van der Waals surface area (Å²) in [4.78, 5) is 26.8. The van der Waals surface area contributed by atoms with Crippen molar-refractivity contribution in [1.29, 1.82) is 0 Å². The van der Waals surface area contributed by atoms with E-state index in [0.29, 0.717) is 17.2 Å². The Kier molecular flexibility index (Phi) is 5.68. The number of aromatic nitrogens is 1. The van der Waals surface area contributed by atoms with Crippen molar-refractivity contribution in [3.8, 4) is 17.2 Å². The van der Waals surface area contributed by atoms with Crippen molar-refractivity contribution in [1.82, 2.24) is 4.57 Å². The van der Waals surface area contributed by atoms with Crippen LogP contribution >= 0.6 is 0 Å². The number of hydrogen-bond donors (Lipinski definition) is 1. The van der Waals surface area contributed by atoms with Crippen molar-refractivity contribution >= 4 is 5.97 Å². The third kappa shape index (κ3) is 3.88. The van der Waals surface area contributed by atoms with E-state index in [0.717, 1.165) is 5.56 Å². The van der Waals surface area contributed by atoms with E-state index < -0.39 is 23.3 Å². The second-order valence-corrected chi connectivity index (χ2v) is 8.20. The number of pyridine rings is 1. The molecule has 1 atom stereocenters. The number of nitrogens with two attached hydrogens (primary N) is 1. The van der Waals surface area contributed by atoms with Gasteiger partial charge in [0.25, 0.3) is 5.56 Å². The molecule has 0 bridgehead atoms. The molecule has 180 valence electrons. The minimum absolute atomic E-state index is 0.0781. The van der Waals surface area contributed by atoms with Crippen LogP contribution < -0.4 is 25.5 Å². The van der Waals surface area contributed by atoms with Gasteiger partial charge in [-0.1, -0.05) is 24.3 Å². The summed E-state index contributed by atoms with van der Waals surface area (Å²) < 4.78 is 38.3. The predicted octanol–water partition coefficient (Wildman–Crippen LogP) is 3.33. The van der Waals surface area contributed by atoms with Crippen molar-refractivity contribution in [3.05, 3.63) is 98.5 Å². The number of fused-ring (bicyclic) bond motifs is 2. The quantitative estimate of drug-likeness (QED) is 0.561. The van der Waals surface area contributed by atoms with Gasteiger partial charge in [0.2, 0.25) is 12.7 Å². The van der Waals surface area contributed by atoms with E-state index in [4.69, 9.17) is 24.7 Å². The van der Waals surface area contributed by atoms with Crippen LogP contribution in [0.5, 0.6) is 17.2 Å². The van der Waals surface area contributed by atoms with Crippen LogP contribution in [0.2, 0.25) is 0 Å². The Labute approximate surface area is 200 Å². The molecule has 2 aliphatic rings. The lowest BCUT2D eigenvalue weighted by molar-refractivity contribution is -0.139. The lowest BCUT2D eigenvalue weighted by Gasteiger charge is -2.29. The molecule has 0 radical (unpaired) electrons. The molecule has 2 aromatic carbocycles. The van der Waals surface area contributed by atoms with Crippen LogP contribution in [0, 0.1) is 12.7 Å². The molecule has 0 saturated carbocycles. The number of aryl methyl sites for hydroxylation is 1. The molecule has 0 spiro atoms. The van der Waals surface area contributed by atoms with Crippen LogP contribution in [0.15, 0.2) is 64.8 Å². The minimum Gasteiger partial charge on any atom is -0.462 e. The average molecular weight is 478 g/mol. The van der Waals surface area contributed by atoms with Crippen molar-refractivity contribution in [2.75, 3.05) is 13.4 Å². The topological polar surface area (TPSA) is 102 Å². The number of carbonyl (C=O) groups excluding carboxylic acids is 1. The van der Waals surface area contributed by atoms with Crippen LogP contribution in [0.1, 0.15) is 35.2 Å². The summed E-state index contributed by atoms with van der Waals surface area (Å²) in [5, 5.41) is 0. The smallest absolute Gasteiger partial charge is 0.340 e. The molecule has 1 aromatic heterocycles. The summed E-state index contributed by atoms with van der Waals surface area (Å²) in [5.74, 6) is -1.27. The number of rotatable bonds is 5. The SMILES string of the molecule is CCOC(=O)C1=C(N)Oc2cc(C)n(Cc3ccc4c(c3)OCO4)c(=O)c2C1c1ccccc1F. The van der Waals surface area contributed by atoms with Crippen LogP contribution in [0.3, 0.4) is 0 Å². The van der Waals surface area contributed by atoms with E-state index in [9.17, 15) is 9.59 Å².